The summed E-state index contributed by atoms with van der Waals surface area (Å²) in [6.07, 6.45) is 0. The van der Waals surface area contributed by atoms with E-state index in [0.717, 1.165) is 21.2 Å². The van der Waals surface area contributed by atoms with Crippen molar-refractivity contribution >= 4 is 28.5 Å². The van der Waals surface area contributed by atoms with E-state index in [0.29, 0.717) is 6.61 Å². The third kappa shape index (κ3) is 3.39. The molecule has 0 N–H and O–H groups in total. The summed E-state index contributed by atoms with van der Waals surface area (Å²) < 4.78 is 19.3. The summed E-state index contributed by atoms with van der Waals surface area (Å²) in [6.45, 7) is 8.71. The van der Waals surface area contributed by atoms with Gasteiger partial charge in [-0.3, -0.25) is 0 Å². The van der Waals surface area contributed by atoms with E-state index in [9.17, 15) is 0 Å². The fraction of sp³-hybridized carbons (Fsp3) is 0.368. The van der Waals surface area contributed by atoms with Crippen molar-refractivity contribution in [3.63, 3.8) is 0 Å². The van der Waals surface area contributed by atoms with Crippen molar-refractivity contribution in [2.24, 2.45) is 0 Å². The van der Waals surface area contributed by atoms with Gasteiger partial charge >= 0.3 is 7.12 Å². The first kappa shape index (κ1) is 17.5. The zero-order valence-corrected chi connectivity index (χ0v) is 16.1. The van der Waals surface area contributed by atoms with Crippen LogP contribution >= 0.6 is 15.9 Å². The van der Waals surface area contributed by atoms with Gasteiger partial charge in [-0.25, -0.2) is 0 Å². The van der Waals surface area contributed by atoms with Crippen molar-refractivity contribution in [3.05, 3.63) is 58.6 Å². The number of para-hydroxylation sites is 1. The largest absolute Gasteiger partial charge is 0.495 e. The van der Waals surface area contributed by atoms with Crippen molar-refractivity contribution in [2.45, 2.75) is 45.5 Å². The zero-order chi connectivity index (χ0) is 17.4. The number of ether oxygens (including phenoxy) is 1. The van der Waals surface area contributed by atoms with Gasteiger partial charge in [0.2, 0.25) is 0 Å². The molecule has 0 unspecified atom stereocenters. The Morgan fingerprint density at radius 2 is 1.50 bits per heavy atom. The van der Waals surface area contributed by atoms with E-state index in [1.165, 1.54) is 0 Å². The summed E-state index contributed by atoms with van der Waals surface area (Å²) in [4.78, 5) is 0. The molecule has 126 valence electrons. The molecule has 0 aromatic heterocycles. The van der Waals surface area contributed by atoms with Crippen LogP contribution in [0.25, 0.3) is 0 Å². The summed E-state index contributed by atoms with van der Waals surface area (Å²) in [7, 11) is -0.381. The van der Waals surface area contributed by atoms with Crippen LogP contribution in [0.2, 0.25) is 0 Å². The number of hydrogen-bond acceptors (Lipinski definition) is 3. The highest BCUT2D eigenvalue weighted by Crippen LogP contribution is 2.36. The van der Waals surface area contributed by atoms with Crippen LogP contribution in [0, 0.1) is 0 Å². The van der Waals surface area contributed by atoms with Crippen LogP contribution in [-0.2, 0) is 15.9 Å². The molecule has 0 spiro atoms. The zero-order valence-electron chi connectivity index (χ0n) is 14.5. The summed E-state index contributed by atoms with van der Waals surface area (Å²) in [5.74, 6) is 0.821. The number of halogens is 1. The van der Waals surface area contributed by atoms with Crippen LogP contribution < -0.4 is 10.2 Å². The SMILES string of the molecule is CC1(C)OB(c2ccccc2COc2ccccc2Br)OC1(C)C. The molecule has 0 radical (unpaired) electrons. The van der Waals surface area contributed by atoms with Gasteiger partial charge in [0.1, 0.15) is 12.4 Å². The second kappa shape index (κ2) is 6.55. The summed E-state index contributed by atoms with van der Waals surface area (Å²) in [5.41, 5.74) is 1.37. The van der Waals surface area contributed by atoms with E-state index in [2.05, 4.69) is 49.7 Å². The van der Waals surface area contributed by atoms with Gasteiger partial charge in [0.25, 0.3) is 0 Å². The van der Waals surface area contributed by atoms with Gasteiger partial charge in [-0.1, -0.05) is 36.4 Å². The molecule has 0 amide bonds. The molecule has 1 aliphatic rings. The normalized spacial score (nSPS) is 18.6. The van der Waals surface area contributed by atoms with Gasteiger partial charge in [-0.2, -0.15) is 0 Å². The minimum atomic E-state index is -0.381. The maximum Gasteiger partial charge on any atom is 0.495 e. The Bertz CT molecular complexity index is 714. The van der Waals surface area contributed by atoms with Crippen LogP contribution in [0.3, 0.4) is 0 Å². The van der Waals surface area contributed by atoms with E-state index in [1.54, 1.807) is 0 Å². The van der Waals surface area contributed by atoms with E-state index < -0.39 is 0 Å². The van der Waals surface area contributed by atoms with Gasteiger partial charge in [0.15, 0.2) is 0 Å². The average molecular weight is 389 g/mol. The van der Waals surface area contributed by atoms with Crippen molar-refractivity contribution in [3.8, 4) is 5.75 Å². The predicted octanol–water partition coefficient (Wildman–Crippen LogP) is 4.33. The second-order valence-corrected chi connectivity index (χ2v) is 7.86. The van der Waals surface area contributed by atoms with Crippen LogP contribution in [0.4, 0.5) is 0 Å². The average Bonchev–Trinajstić information content (AvgIpc) is 2.75. The Balaban J connectivity index is 1.81. The Morgan fingerprint density at radius 3 is 2.17 bits per heavy atom. The fourth-order valence-electron chi connectivity index (χ4n) is 2.58. The maximum atomic E-state index is 6.18. The molecule has 1 heterocycles. The lowest BCUT2D eigenvalue weighted by Crippen LogP contribution is -2.41. The highest BCUT2D eigenvalue weighted by atomic mass is 79.9. The van der Waals surface area contributed by atoms with E-state index in [-0.39, 0.29) is 18.3 Å². The molecule has 0 bridgehead atoms. The van der Waals surface area contributed by atoms with Gasteiger partial charge in [0.05, 0.1) is 15.7 Å². The molecule has 0 aliphatic carbocycles. The van der Waals surface area contributed by atoms with Gasteiger partial charge < -0.3 is 14.0 Å². The smallest absolute Gasteiger partial charge is 0.488 e. The Hall–Kier alpha value is -1.30. The first-order chi connectivity index (χ1) is 11.3. The lowest BCUT2D eigenvalue weighted by atomic mass is 9.76. The Labute approximate surface area is 152 Å². The number of hydrogen-bond donors (Lipinski definition) is 0. The van der Waals surface area contributed by atoms with Crippen molar-refractivity contribution in [1.29, 1.82) is 0 Å². The molecule has 1 fully saturated rings. The summed E-state index contributed by atoms with van der Waals surface area (Å²) in [5, 5.41) is 0. The van der Waals surface area contributed by atoms with Crippen LogP contribution in [0.5, 0.6) is 5.75 Å². The monoisotopic (exact) mass is 388 g/mol. The molecule has 0 saturated carbocycles. The van der Waals surface area contributed by atoms with Crippen LogP contribution in [0.15, 0.2) is 53.0 Å². The molecule has 1 saturated heterocycles. The lowest BCUT2D eigenvalue weighted by molar-refractivity contribution is 0.00578. The predicted molar refractivity (Wildman–Crippen MR) is 101 cm³/mol. The molecule has 3 rings (SSSR count). The van der Waals surface area contributed by atoms with Crippen LogP contribution in [0.1, 0.15) is 33.3 Å². The quantitative estimate of drug-likeness (QED) is 0.729. The molecule has 3 nitrogen and oxygen atoms in total. The van der Waals surface area contributed by atoms with Gasteiger partial charge in [-0.15, -0.1) is 0 Å². The second-order valence-electron chi connectivity index (χ2n) is 7.01. The highest BCUT2D eigenvalue weighted by molar-refractivity contribution is 9.10. The molecule has 1 aliphatic heterocycles. The van der Waals surface area contributed by atoms with Crippen molar-refractivity contribution in [2.75, 3.05) is 0 Å². The first-order valence-electron chi connectivity index (χ1n) is 8.11. The molecular weight excluding hydrogens is 367 g/mol. The first-order valence-corrected chi connectivity index (χ1v) is 8.90. The summed E-state index contributed by atoms with van der Waals surface area (Å²) in [6, 6.07) is 15.9. The number of benzene rings is 2. The van der Waals surface area contributed by atoms with E-state index in [4.69, 9.17) is 14.0 Å². The lowest BCUT2D eigenvalue weighted by Gasteiger charge is -2.32. The molecule has 0 atom stereocenters. The molecule has 24 heavy (non-hydrogen) atoms. The molecule has 2 aromatic rings. The van der Waals surface area contributed by atoms with E-state index >= 15 is 0 Å². The number of rotatable bonds is 4. The highest BCUT2D eigenvalue weighted by Gasteiger charge is 2.52. The standard InChI is InChI=1S/C19H22BBrO3/c1-18(2)19(3,4)24-20(23-18)15-10-6-5-9-14(15)13-22-17-12-8-7-11-16(17)21/h5-12H,13H2,1-4H3. The molecule has 2 aromatic carbocycles. The van der Waals surface area contributed by atoms with Crippen molar-refractivity contribution in [1.82, 2.24) is 0 Å². The topological polar surface area (TPSA) is 27.7 Å². The minimum Gasteiger partial charge on any atom is -0.488 e. The van der Waals surface area contributed by atoms with Gasteiger partial charge in [-0.05, 0) is 66.8 Å². The van der Waals surface area contributed by atoms with Crippen LogP contribution in [-0.4, -0.2) is 18.3 Å². The molecular formula is C19H22BBrO3. The minimum absolute atomic E-state index is 0.353. The molecule has 5 heteroatoms. The third-order valence-electron chi connectivity index (χ3n) is 4.78. The Morgan fingerprint density at radius 1 is 0.917 bits per heavy atom. The third-order valence-corrected chi connectivity index (χ3v) is 5.44. The van der Waals surface area contributed by atoms with E-state index in [1.807, 2.05) is 42.5 Å². The maximum absolute atomic E-state index is 6.18. The fourth-order valence-corrected chi connectivity index (χ4v) is 2.98. The van der Waals surface area contributed by atoms with Crippen molar-refractivity contribution < 1.29 is 14.0 Å². The Kier molecular flexibility index (Phi) is 4.78. The summed E-state index contributed by atoms with van der Waals surface area (Å²) >= 11 is 3.51. The van der Waals surface area contributed by atoms with Gasteiger partial charge in [0, 0.05) is 0 Å².